The van der Waals surface area contributed by atoms with Crippen LogP contribution in [0.2, 0.25) is 0 Å². The summed E-state index contributed by atoms with van der Waals surface area (Å²) in [6.07, 6.45) is -0.313. The van der Waals surface area contributed by atoms with Crippen LogP contribution in [0.25, 0.3) is 0 Å². The maximum Gasteiger partial charge on any atom is 0.231 e. The first-order chi connectivity index (χ1) is 10.5. The average Bonchev–Trinajstić information content (AvgIpc) is 2.81. The molecule has 0 saturated carbocycles. The highest BCUT2D eigenvalue weighted by molar-refractivity contribution is 6.03. The smallest absolute Gasteiger partial charge is 0.231 e. The minimum absolute atomic E-state index is 0.0396. The molecule has 4 heteroatoms. The summed E-state index contributed by atoms with van der Waals surface area (Å²) in [5, 5.41) is 13.4. The van der Waals surface area contributed by atoms with Crippen LogP contribution in [0, 0.1) is 5.82 Å². The zero-order chi connectivity index (χ0) is 15.9. The topological polar surface area (TPSA) is 49.3 Å². The van der Waals surface area contributed by atoms with E-state index in [4.69, 9.17) is 0 Å². The summed E-state index contributed by atoms with van der Waals surface area (Å²) in [7, 11) is 0. The van der Waals surface area contributed by atoms with Crippen molar-refractivity contribution >= 4 is 11.6 Å². The highest BCUT2D eigenvalue weighted by Gasteiger charge is 2.30. The normalized spacial score (nSPS) is 18.0. The summed E-state index contributed by atoms with van der Waals surface area (Å²) in [4.78, 5) is 11.9. The maximum atomic E-state index is 13.9. The van der Waals surface area contributed by atoms with Gasteiger partial charge >= 0.3 is 0 Å². The van der Waals surface area contributed by atoms with Crippen LogP contribution < -0.4 is 5.32 Å². The summed E-state index contributed by atoms with van der Waals surface area (Å²) >= 11 is 0. The Balaban J connectivity index is 2.10. The third kappa shape index (κ3) is 2.29. The molecule has 114 valence electrons. The number of benzene rings is 2. The van der Waals surface area contributed by atoms with Gasteiger partial charge in [0.15, 0.2) is 0 Å². The third-order valence-electron chi connectivity index (χ3n) is 4.28. The Morgan fingerprint density at radius 1 is 1.32 bits per heavy atom. The number of anilines is 1. The lowest BCUT2D eigenvalue weighted by molar-refractivity contribution is -0.116. The summed E-state index contributed by atoms with van der Waals surface area (Å²) in [5.74, 6) is -0.730. The molecule has 1 aliphatic rings. The molecule has 0 aliphatic carbocycles. The molecule has 0 aromatic heterocycles. The number of hydrogen-bond acceptors (Lipinski definition) is 2. The van der Waals surface area contributed by atoms with Crippen LogP contribution in [-0.2, 0) is 11.2 Å². The third-order valence-corrected chi connectivity index (χ3v) is 4.28. The van der Waals surface area contributed by atoms with Crippen LogP contribution in [0.3, 0.4) is 0 Å². The van der Waals surface area contributed by atoms with Gasteiger partial charge in [0.25, 0.3) is 0 Å². The van der Waals surface area contributed by atoms with E-state index < -0.39 is 11.9 Å². The molecule has 2 aromatic carbocycles. The lowest BCUT2D eigenvalue weighted by Gasteiger charge is -2.16. The Kier molecular flexibility index (Phi) is 3.71. The Morgan fingerprint density at radius 2 is 2.05 bits per heavy atom. The Hall–Kier alpha value is -2.20. The molecular formula is C18H18FNO2. The molecular weight excluding hydrogens is 281 g/mol. The minimum Gasteiger partial charge on any atom is -0.384 e. The first kappa shape index (κ1) is 14.7. The van der Waals surface area contributed by atoms with Crippen LogP contribution in [-0.4, -0.2) is 11.0 Å². The van der Waals surface area contributed by atoms with E-state index in [2.05, 4.69) is 5.32 Å². The molecule has 22 heavy (non-hydrogen) atoms. The first-order valence-electron chi connectivity index (χ1n) is 7.43. The van der Waals surface area contributed by atoms with E-state index in [1.807, 2.05) is 19.9 Å². The van der Waals surface area contributed by atoms with Gasteiger partial charge in [-0.25, -0.2) is 4.39 Å². The van der Waals surface area contributed by atoms with Gasteiger partial charge in [-0.15, -0.1) is 0 Å². The second kappa shape index (κ2) is 5.54. The molecule has 2 N–H and O–H groups in total. The maximum absolute atomic E-state index is 13.9. The van der Waals surface area contributed by atoms with Crippen molar-refractivity contribution in [3.05, 3.63) is 64.5 Å². The molecule has 2 aromatic rings. The Bertz CT molecular complexity index is 742. The number of carbonyl (C=O) groups excluding carboxylic acids is 1. The van der Waals surface area contributed by atoms with E-state index >= 15 is 0 Å². The van der Waals surface area contributed by atoms with Gasteiger partial charge < -0.3 is 10.4 Å². The number of nitrogens with one attached hydrogen (secondary N) is 1. The number of aliphatic hydroxyl groups is 1. The molecule has 0 spiro atoms. The van der Waals surface area contributed by atoms with E-state index in [-0.39, 0.29) is 17.4 Å². The number of halogens is 1. The summed E-state index contributed by atoms with van der Waals surface area (Å²) < 4.78 is 13.9. The van der Waals surface area contributed by atoms with E-state index in [0.717, 1.165) is 23.2 Å². The lowest BCUT2D eigenvalue weighted by Crippen LogP contribution is -2.08. The van der Waals surface area contributed by atoms with Crippen molar-refractivity contribution in [2.45, 2.75) is 32.3 Å². The minimum atomic E-state index is -1.04. The molecule has 0 radical (unpaired) electrons. The van der Waals surface area contributed by atoms with E-state index in [1.54, 1.807) is 24.3 Å². The number of rotatable bonds is 3. The molecule has 1 amide bonds. The molecule has 3 rings (SSSR count). The Labute approximate surface area is 128 Å². The van der Waals surface area contributed by atoms with Crippen LogP contribution in [0.1, 0.15) is 48.1 Å². The predicted octanol–water partition coefficient (Wildman–Crippen LogP) is 3.53. The highest BCUT2D eigenvalue weighted by atomic mass is 19.1. The van der Waals surface area contributed by atoms with Crippen LogP contribution in [0.5, 0.6) is 0 Å². The number of aliphatic hydroxyl groups excluding tert-OH is 1. The van der Waals surface area contributed by atoms with Gasteiger partial charge in [-0.2, -0.15) is 0 Å². The van der Waals surface area contributed by atoms with Gasteiger partial charge in [-0.05, 0) is 42.2 Å². The summed E-state index contributed by atoms with van der Waals surface area (Å²) in [5.41, 5.74) is 3.53. The molecule has 2 atom stereocenters. The number of carbonyl (C=O) groups is 1. The van der Waals surface area contributed by atoms with Crippen molar-refractivity contribution in [2.75, 3.05) is 5.32 Å². The average molecular weight is 299 g/mol. The van der Waals surface area contributed by atoms with Gasteiger partial charge in [0.05, 0.1) is 5.92 Å². The van der Waals surface area contributed by atoms with Gasteiger partial charge in [-0.3, -0.25) is 4.79 Å². The van der Waals surface area contributed by atoms with Crippen molar-refractivity contribution < 1.29 is 14.3 Å². The highest BCUT2D eigenvalue weighted by Crippen LogP contribution is 2.38. The number of fused-ring (bicyclic) bond motifs is 1. The molecule has 1 heterocycles. The molecule has 2 unspecified atom stereocenters. The number of amides is 1. The SMILES string of the molecule is CCc1cc(C(O)c2ccccc2F)cc2c1NC(=O)C2C. The predicted molar refractivity (Wildman–Crippen MR) is 83.3 cm³/mol. The van der Waals surface area contributed by atoms with Crippen LogP contribution >= 0.6 is 0 Å². The molecule has 3 nitrogen and oxygen atoms in total. The van der Waals surface area contributed by atoms with Gasteiger partial charge in [0.2, 0.25) is 5.91 Å². The first-order valence-corrected chi connectivity index (χ1v) is 7.43. The van der Waals surface area contributed by atoms with E-state index in [0.29, 0.717) is 5.56 Å². The number of hydrogen-bond donors (Lipinski definition) is 2. The molecule has 0 bridgehead atoms. The van der Waals surface area contributed by atoms with Crippen LogP contribution in [0.4, 0.5) is 10.1 Å². The standard InChI is InChI=1S/C18H18FNO2/c1-3-11-8-12(9-14-10(2)18(22)20-16(11)14)17(21)13-6-4-5-7-15(13)19/h4-10,17,21H,3H2,1-2H3,(H,20,22). The fourth-order valence-corrected chi connectivity index (χ4v) is 2.93. The van der Waals surface area contributed by atoms with Crippen molar-refractivity contribution in [3.8, 4) is 0 Å². The number of aryl methyl sites for hydroxylation is 1. The van der Waals surface area contributed by atoms with Gasteiger partial charge in [-0.1, -0.05) is 31.2 Å². The zero-order valence-corrected chi connectivity index (χ0v) is 12.6. The van der Waals surface area contributed by atoms with Crippen molar-refractivity contribution in [2.24, 2.45) is 0 Å². The van der Waals surface area contributed by atoms with E-state index in [9.17, 15) is 14.3 Å². The monoisotopic (exact) mass is 299 g/mol. The molecule has 0 saturated heterocycles. The van der Waals surface area contributed by atoms with Crippen molar-refractivity contribution in [1.82, 2.24) is 0 Å². The van der Waals surface area contributed by atoms with Crippen molar-refractivity contribution in [3.63, 3.8) is 0 Å². The van der Waals surface area contributed by atoms with Crippen LogP contribution in [0.15, 0.2) is 36.4 Å². The fraction of sp³-hybridized carbons (Fsp3) is 0.278. The zero-order valence-electron chi connectivity index (χ0n) is 12.6. The molecule has 1 aliphatic heterocycles. The summed E-state index contributed by atoms with van der Waals surface area (Å²) in [6.45, 7) is 3.82. The van der Waals surface area contributed by atoms with Gasteiger partial charge in [0.1, 0.15) is 11.9 Å². The second-order valence-corrected chi connectivity index (χ2v) is 5.63. The quantitative estimate of drug-likeness (QED) is 0.911. The van der Waals surface area contributed by atoms with Crippen molar-refractivity contribution in [1.29, 1.82) is 0 Å². The van der Waals surface area contributed by atoms with E-state index in [1.165, 1.54) is 6.07 Å². The summed E-state index contributed by atoms with van der Waals surface area (Å²) in [6, 6.07) is 9.84. The second-order valence-electron chi connectivity index (χ2n) is 5.63. The van der Waals surface area contributed by atoms with Gasteiger partial charge in [0, 0.05) is 11.3 Å². The lowest BCUT2D eigenvalue weighted by atomic mass is 9.92. The molecule has 0 fully saturated rings. The fourth-order valence-electron chi connectivity index (χ4n) is 2.93. The Morgan fingerprint density at radius 3 is 2.73 bits per heavy atom. The largest absolute Gasteiger partial charge is 0.384 e.